The molecule has 1 N–H and O–H groups in total. The molecule has 0 radical (unpaired) electrons. The summed E-state index contributed by atoms with van der Waals surface area (Å²) >= 11 is 0. The van der Waals surface area contributed by atoms with E-state index in [9.17, 15) is 9.59 Å². The van der Waals surface area contributed by atoms with Crippen molar-refractivity contribution in [2.75, 3.05) is 6.61 Å². The van der Waals surface area contributed by atoms with Crippen LogP contribution in [0.15, 0.2) is 36.0 Å². The van der Waals surface area contributed by atoms with Crippen LogP contribution in [0.3, 0.4) is 0 Å². The number of carbonyl (C=O) groups excluding carboxylic acids is 1. The van der Waals surface area contributed by atoms with Crippen LogP contribution in [0.2, 0.25) is 0 Å². The van der Waals surface area contributed by atoms with Gasteiger partial charge in [0, 0.05) is 0 Å². The number of carbonyl (C=O) groups is 2. The quantitative estimate of drug-likeness (QED) is 0.426. The summed E-state index contributed by atoms with van der Waals surface area (Å²) < 4.78 is 4.76. The average Bonchev–Trinajstić information content (AvgIpc) is 2.18. The van der Waals surface area contributed by atoms with Crippen LogP contribution in [-0.2, 0) is 14.3 Å². The van der Waals surface area contributed by atoms with Crippen molar-refractivity contribution in [2.24, 2.45) is 0 Å². The van der Waals surface area contributed by atoms with Crippen molar-refractivity contribution >= 4 is 11.9 Å². The molecule has 0 aliphatic carbocycles. The molecule has 0 saturated heterocycles. The molecule has 0 atom stereocenters. The Hall–Kier alpha value is -1.84. The van der Waals surface area contributed by atoms with Gasteiger partial charge in [0.15, 0.2) is 0 Å². The molecular weight excluding hydrogens is 208 g/mol. The highest BCUT2D eigenvalue weighted by Gasteiger charge is 2.15. The highest BCUT2D eigenvalue weighted by Crippen LogP contribution is 2.15. The maximum atomic E-state index is 11.3. The summed E-state index contributed by atoms with van der Waals surface area (Å²) in [6.07, 6.45) is 4.32. The first-order valence-corrected chi connectivity index (χ1v) is 4.94. The Morgan fingerprint density at radius 1 is 1.44 bits per heavy atom. The zero-order valence-electron chi connectivity index (χ0n) is 9.53. The molecule has 0 bridgehead atoms. The molecule has 0 fully saturated rings. The highest BCUT2D eigenvalue weighted by atomic mass is 16.5. The van der Waals surface area contributed by atoms with Gasteiger partial charge in [-0.1, -0.05) is 24.8 Å². The smallest absolute Gasteiger partial charge is 0.335 e. The molecule has 0 saturated carbocycles. The van der Waals surface area contributed by atoms with Crippen molar-refractivity contribution in [2.45, 2.75) is 20.3 Å². The van der Waals surface area contributed by atoms with Crippen molar-refractivity contribution in [1.82, 2.24) is 0 Å². The first-order valence-electron chi connectivity index (χ1n) is 4.94. The van der Waals surface area contributed by atoms with Gasteiger partial charge in [0.05, 0.1) is 18.6 Å². The Kier molecular flexibility index (Phi) is 6.59. The van der Waals surface area contributed by atoms with E-state index >= 15 is 0 Å². The van der Waals surface area contributed by atoms with Gasteiger partial charge in [0.1, 0.15) is 0 Å². The minimum atomic E-state index is -1.07. The van der Waals surface area contributed by atoms with Crippen LogP contribution in [0, 0.1) is 0 Å². The Balaban J connectivity index is 4.89. The fraction of sp³-hybridized carbons (Fsp3) is 0.333. The van der Waals surface area contributed by atoms with E-state index in [2.05, 4.69) is 6.58 Å². The summed E-state index contributed by atoms with van der Waals surface area (Å²) in [7, 11) is 0. The molecule has 0 aromatic rings. The summed E-state index contributed by atoms with van der Waals surface area (Å²) in [6.45, 7) is 7.06. The van der Waals surface area contributed by atoms with Crippen molar-refractivity contribution in [3.8, 4) is 0 Å². The van der Waals surface area contributed by atoms with Crippen LogP contribution in [0.25, 0.3) is 0 Å². The third-order valence-corrected chi connectivity index (χ3v) is 1.82. The molecule has 0 aliphatic rings. The van der Waals surface area contributed by atoms with Gasteiger partial charge in [0.2, 0.25) is 0 Å². The number of carboxylic acid groups (broad SMARTS) is 1. The number of ether oxygens (including phenoxy) is 1. The molecule has 0 aromatic heterocycles. The second-order valence-corrected chi connectivity index (χ2v) is 2.92. The van der Waals surface area contributed by atoms with Crippen LogP contribution in [0.1, 0.15) is 20.3 Å². The summed E-state index contributed by atoms with van der Waals surface area (Å²) in [4.78, 5) is 22.1. The normalized spacial score (nSPS) is 12.1. The predicted molar refractivity (Wildman–Crippen MR) is 60.9 cm³/mol. The molecule has 0 spiro atoms. The highest BCUT2D eigenvalue weighted by molar-refractivity contribution is 5.93. The van der Waals surface area contributed by atoms with Gasteiger partial charge in [-0.3, -0.25) is 4.79 Å². The van der Waals surface area contributed by atoms with Crippen LogP contribution in [0.4, 0.5) is 0 Å². The van der Waals surface area contributed by atoms with E-state index in [1.165, 1.54) is 18.2 Å². The zero-order valence-corrected chi connectivity index (χ0v) is 9.53. The van der Waals surface area contributed by atoms with Gasteiger partial charge in [0.25, 0.3) is 0 Å². The van der Waals surface area contributed by atoms with Gasteiger partial charge >= 0.3 is 11.9 Å². The lowest BCUT2D eigenvalue weighted by molar-refractivity contribution is -0.142. The molecule has 0 unspecified atom stereocenters. The first-order chi connectivity index (χ1) is 7.56. The molecule has 88 valence electrons. The van der Waals surface area contributed by atoms with Crippen molar-refractivity contribution in [3.05, 3.63) is 36.0 Å². The topological polar surface area (TPSA) is 63.6 Å². The van der Waals surface area contributed by atoms with E-state index in [1.807, 2.05) is 0 Å². The molecule has 4 heteroatoms. The lowest BCUT2D eigenvalue weighted by atomic mass is 10.0. The SMILES string of the molecule is C=C/C=C(CC(=O)OCC)\C(=C/C)C(=O)O. The van der Waals surface area contributed by atoms with Gasteiger partial charge < -0.3 is 9.84 Å². The van der Waals surface area contributed by atoms with Gasteiger partial charge in [-0.25, -0.2) is 4.79 Å². The second kappa shape index (κ2) is 7.45. The largest absolute Gasteiger partial charge is 0.478 e. The Bertz CT molecular complexity index is 337. The number of rotatable bonds is 6. The van der Waals surface area contributed by atoms with E-state index in [0.29, 0.717) is 5.57 Å². The third-order valence-electron chi connectivity index (χ3n) is 1.82. The maximum Gasteiger partial charge on any atom is 0.335 e. The molecule has 4 nitrogen and oxygen atoms in total. The number of carboxylic acids is 1. The molecule has 0 amide bonds. The van der Waals surface area contributed by atoms with Crippen LogP contribution in [-0.4, -0.2) is 23.7 Å². The van der Waals surface area contributed by atoms with Crippen LogP contribution in [0.5, 0.6) is 0 Å². The number of hydrogen-bond acceptors (Lipinski definition) is 3. The maximum absolute atomic E-state index is 11.3. The summed E-state index contributed by atoms with van der Waals surface area (Å²) in [5.74, 6) is -1.52. The number of esters is 1. The summed E-state index contributed by atoms with van der Waals surface area (Å²) in [5, 5.41) is 8.92. The fourth-order valence-electron chi connectivity index (χ4n) is 1.20. The van der Waals surface area contributed by atoms with Crippen LogP contribution >= 0.6 is 0 Å². The lowest BCUT2D eigenvalue weighted by Gasteiger charge is -2.07. The van der Waals surface area contributed by atoms with E-state index in [0.717, 1.165) is 0 Å². The Morgan fingerprint density at radius 3 is 2.44 bits per heavy atom. The molecular formula is C12H16O4. The lowest BCUT2D eigenvalue weighted by Crippen LogP contribution is -2.10. The van der Waals surface area contributed by atoms with Crippen molar-refractivity contribution in [3.63, 3.8) is 0 Å². The standard InChI is InChI=1S/C12H16O4/c1-4-7-9(8-11(13)16-6-3)10(5-2)12(14)15/h4-5,7H,1,6,8H2,2-3H3,(H,14,15)/b9-7-,10-5+. The Morgan fingerprint density at radius 2 is 2.06 bits per heavy atom. The molecule has 16 heavy (non-hydrogen) atoms. The van der Waals surface area contributed by atoms with Gasteiger partial charge in [-0.15, -0.1) is 0 Å². The van der Waals surface area contributed by atoms with Crippen molar-refractivity contribution in [1.29, 1.82) is 0 Å². The summed E-state index contributed by atoms with van der Waals surface area (Å²) in [6, 6.07) is 0. The zero-order chi connectivity index (χ0) is 12.6. The number of allylic oxidation sites excluding steroid dienone is 3. The molecule has 0 aliphatic heterocycles. The Labute approximate surface area is 94.9 Å². The minimum absolute atomic E-state index is 0.0637. The second-order valence-electron chi connectivity index (χ2n) is 2.92. The van der Waals surface area contributed by atoms with Crippen LogP contribution < -0.4 is 0 Å². The molecule has 0 aromatic carbocycles. The van der Waals surface area contributed by atoms with Gasteiger partial charge in [-0.2, -0.15) is 0 Å². The molecule has 0 rings (SSSR count). The van der Waals surface area contributed by atoms with Crippen molar-refractivity contribution < 1.29 is 19.4 Å². The number of hydrogen-bond donors (Lipinski definition) is 1. The summed E-state index contributed by atoms with van der Waals surface area (Å²) in [5.41, 5.74) is 0.483. The number of aliphatic carboxylic acids is 1. The fourth-order valence-corrected chi connectivity index (χ4v) is 1.20. The predicted octanol–water partition coefficient (Wildman–Crippen LogP) is 2.08. The molecule has 0 heterocycles. The monoisotopic (exact) mass is 224 g/mol. The third kappa shape index (κ3) is 4.59. The minimum Gasteiger partial charge on any atom is -0.478 e. The average molecular weight is 224 g/mol. The van der Waals surface area contributed by atoms with E-state index in [4.69, 9.17) is 9.84 Å². The van der Waals surface area contributed by atoms with E-state index < -0.39 is 11.9 Å². The van der Waals surface area contributed by atoms with Gasteiger partial charge in [-0.05, 0) is 19.4 Å². The van der Waals surface area contributed by atoms with E-state index in [-0.39, 0.29) is 18.6 Å². The van der Waals surface area contributed by atoms with E-state index in [1.54, 1.807) is 13.8 Å². The first kappa shape index (κ1) is 14.2.